The van der Waals surface area contributed by atoms with Crippen molar-refractivity contribution in [3.05, 3.63) is 45.3 Å². The van der Waals surface area contributed by atoms with Crippen molar-refractivity contribution in [1.82, 2.24) is 4.98 Å². The first-order chi connectivity index (χ1) is 13.7. The summed E-state index contributed by atoms with van der Waals surface area (Å²) in [5.74, 6) is -0.000524. The molecule has 1 fully saturated rings. The van der Waals surface area contributed by atoms with E-state index in [1.807, 2.05) is 12.1 Å². The predicted molar refractivity (Wildman–Crippen MR) is 112 cm³/mol. The molecular weight excluding hydrogens is 388 g/mol. The summed E-state index contributed by atoms with van der Waals surface area (Å²) in [7, 11) is 0. The number of thiazole rings is 1. The smallest absolute Gasteiger partial charge is 0.280 e. The van der Waals surface area contributed by atoms with Crippen LogP contribution in [-0.4, -0.2) is 24.0 Å². The van der Waals surface area contributed by atoms with Crippen molar-refractivity contribution in [2.45, 2.75) is 38.1 Å². The number of aromatic nitrogens is 1. The number of anilines is 1. The fraction of sp³-hybridized carbons (Fsp3) is 0.381. The van der Waals surface area contributed by atoms with Gasteiger partial charge in [0.25, 0.3) is 5.91 Å². The Balaban J connectivity index is 1.31. The second kappa shape index (κ2) is 7.28. The number of aryl methyl sites for hydroxylation is 1. The summed E-state index contributed by atoms with van der Waals surface area (Å²) in [5, 5.41) is 14.4. The molecule has 1 amide bonds. The number of thiophene rings is 1. The van der Waals surface area contributed by atoms with Crippen LogP contribution in [0.25, 0.3) is 10.2 Å². The van der Waals surface area contributed by atoms with Crippen molar-refractivity contribution in [2.75, 3.05) is 18.4 Å². The number of rotatable bonds is 4. The van der Waals surface area contributed by atoms with E-state index in [2.05, 4.69) is 23.5 Å². The number of nitrogens with one attached hydrogen (secondary N) is 2. The summed E-state index contributed by atoms with van der Waals surface area (Å²) in [6.45, 7) is 1.41. The number of amides is 1. The van der Waals surface area contributed by atoms with Crippen LogP contribution in [0.4, 0.5) is 5.00 Å². The average Bonchev–Trinajstić information content (AvgIpc) is 3.44. The van der Waals surface area contributed by atoms with E-state index in [1.54, 1.807) is 22.7 Å². The van der Waals surface area contributed by atoms with Crippen molar-refractivity contribution in [2.24, 2.45) is 0 Å². The number of para-hydroxylation sites is 1. The van der Waals surface area contributed by atoms with Crippen LogP contribution in [0.2, 0.25) is 0 Å². The molecule has 142 valence electrons. The van der Waals surface area contributed by atoms with Crippen molar-refractivity contribution in [1.29, 1.82) is 5.26 Å². The highest BCUT2D eigenvalue weighted by Gasteiger charge is 2.34. The zero-order valence-electron chi connectivity index (χ0n) is 15.5. The molecule has 3 aromatic rings. The molecule has 0 saturated carbocycles. The second-order valence-electron chi connectivity index (χ2n) is 7.52. The number of nitriles is 1. The fourth-order valence-electron chi connectivity index (χ4n) is 4.45. The standard InChI is InChI=1S/C21H20N4OS2/c22-11-14-13-5-3-9-17(13)27-20(14)24-19(26)12-25-10-4-7-16(25)21-23-15-6-1-2-8-18(15)28-21/h1-2,6,8,16H,3-5,7,9-10,12H2,(H,24,26)/p+1/t16-/m0/s1. The quantitative estimate of drug-likeness (QED) is 0.696. The Hall–Kier alpha value is -2.27. The predicted octanol–water partition coefficient (Wildman–Crippen LogP) is 3.08. The van der Waals surface area contributed by atoms with E-state index in [0.717, 1.165) is 59.7 Å². The number of carbonyl (C=O) groups is 1. The van der Waals surface area contributed by atoms with Crippen LogP contribution in [0, 0.1) is 11.3 Å². The molecule has 2 N–H and O–H groups in total. The van der Waals surface area contributed by atoms with Gasteiger partial charge in [-0.1, -0.05) is 12.1 Å². The molecule has 28 heavy (non-hydrogen) atoms. The van der Waals surface area contributed by atoms with E-state index >= 15 is 0 Å². The average molecular weight is 410 g/mol. The molecule has 5 rings (SSSR count). The summed E-state index contributed by atoms with van der Waals surface area (Å²) >= 11 is 3.33. The maximum atomic E-state index is 12.8. The Morgan fingerprint density at radius 1 is 1.29 bits per heavy atom. The number of carbonyl (C=O) groups excluding carboxylic acids is 1. The number of nitrogens with zero attached hydrogens (tertiary/aromatic N) is 2. The third-order valence-corrected chi connectivity index (χ3v) is 8.12. The van der Waals surface area contributed by atoms with Crippen LogP contribution < -0.4 is 10.2 Å². The van der Waals surface area contributed by atoms with Crippen LogP contribution in [0.1, 0.15) is 46.3 Å². The first kappa shape index (κ1) is 17.8. The van der Waals surface area contributed by atoms with E-state index in [0.29, 0.717) is 12.1 Å². The van der Waals surface area contributed by atoms with E-state index in [9.17, 15) is 10.1 Å². The molecule has 2 aliphatic rings. The van der Waals surface area contributed by atoms with Crippen molar-refractivity contribution < 1.29 is 9.69 Å². The number of likely N-dealkylation sites (tertiary alicyclic amines) is 1. The van der Waals surface area contributed by atoms with Crippen LogP contribution in [0.15, 0.2) is 24.3 Å². The molecule has 7 heteroatoms. The molecule has 0 bridgehead atoms. The summed E-state index contributed by atoms with van der Waals surface area (Å²) in [5.41, 5.74) is 2.89. The number of quaternary nitrogens is 1. The van der Waals surface area contributed by atoms with Gasteiger partial charge in [-0.05, 0) is 37.0 Å². The zero-order chi connectivity index (χ0) is 19.1. The topological polar surface area (TPSA) is 70.2 Å². The van der Waals surface area contributed by atoms with E-state index < -0.39 is 0 Å². The molecule has 3 heterocycles. The monoisotopic (exact) mass is 409 g/mol. The fourth-order valence-corrected chi connectivity index (χ4v) is 6.86. The Kier molecular flexibility index (Phi) is 4.63. The van der Waals surface area contributed by atoms with E-state index in [1.165, 1.54) is 14.5 Å². The summed E-state index contributed by atoms with van der Waals surface area (Å²) in [6, 6.07) is 10.8. The first-order valence-corrected chi connectivity index (χ1v) is 11.4. The summed E-state index contributed by atoms with van der Waals surface area (Å²) < 4.78 is 1.21. The molecule has 2 aromatic heterocycles. The van der Waals surface area contributed by atoms with E-state index in [4.69, 9.17) is 4.98 Å². The maximum absolute atomic E-state index is 12.8. The largest absolute Gasteiger partial charge is 0.319 e. The third kappa shape index (κ3) is 3.12. The molecular formula is C21H21N4OS2+. The molecule has 1 aromatic carbocycles. The minimum Gasteiger partial charge on any atom is -0.319 e. The lowest BCUT2D eigenvalue weighted by molar-refractivity contribution is -0.910. The van der Waals surface area contributed by atoms with Crippen LogP contribution in [-0.2, 0) is 17.6 Å². The number of fused-ring (bicyclic) bond motifs is 2. The Bertz CT molecular complexity index is 1060. The summed E-state index contributed by atoms with van der Waals surface area (Å²) in [6.07, 6.45) is 5.29. The highest BCUT2D eigenvalue weighted by Crippen LogP contribution is 2.38. The van der Waals surface area contributed by atoms with Crippen LogP contribution in [0.3, 0.4) is 0 Å². The van der Waals surface area contributed by atoms with E-state index in [-0.39, 0.29) is 11.9 Å². The molecule has 5 nitrogen and oxygen atoms in total. The van der Waals surface area contributed by atoms with Gasteiger partial charge < -0.3 is 10.2 Å². The molecule has 2 atom stereocenters. The Labute approximate surface area is 171 Å². The second-order valence-corrected chi connectivity index (χ2v) is 9.69. The van der Waals surface area contributed by atoms with Crippen LogP contribution in [0.5, 0.6) is 0 Å². The van der Waals surface area contributed by atoms with Gasteiger partial charge in [0.15, 0.2) is 11.6 Å². The lowest BCUT2D eigenvalue weighted by Crippen LogP contribution is -3.11. The van der Waals surface area contributed by atoms with Gasteiger partial charge in [0, 0.05) is 17.7 Å². The minimum absolute atomic E-state index is 0.000524. The molecule has 1 saturated heterocycles. The molecule has 1 aliphatic heterocycles. The van der Waals surface area contributed by atoms with Gasteiger partial charge in [-0.25, -0.2) is 4.98 Å². The third-order valence-electron chi connectivity index (χ3n) is 5.77. The maximum Gasteiger partial charge on any atom is 0.280 e. The summed E-state index contributed by atoms with van der Waals surface area (Å²) in [4.78, 5) is 20.1. The van der Waals surface area contributed by atoms with Gasteiger partial charge in [-0.2, -0.15) is 5.26 Å². The normalized spacial score (nSPS) is 21.0. The van der Waals surface area contributed by atoms with Crippen molar-refractivity contribution >= 4 is 43.8 Å². The molecule has 1 aliphatic carbocycles. The van der Waals surface area contributed by atoms with Gasteiger partial charge in [0.05, 0.1) is 22.3 Å². The Morgan fingerprint density at radius 2 is 2.18 bits per heavy atom. The van der Waals surface area contributed by atoms with Crippen LogP contribution >= 0.6 is 22.7 Å². The number of hydrogen-bond donors (Lipinski definition) is 2. The Morgan fingerprint density at radius 3 is 3.04 bits per heavy atom. The van der Waals surface area contributed by atoms with Gasteiger partial charge in [0.1, 0.15) is 17.1 Å². The molecule has 0 radical (unpaired) electrons. The first-order valence-electron chi connectivity index (χ1n) is 9.77. The van der Waals surface area contributed by atoms with Crippen molar-refractivity contribution in [3.63, 3.8) is 0 Å². The highest BCUT2D eigenvalue weighted by molar-refractivity contribution is 7.18. The van der Waals surface area contributed by atoms with Gasteiger partial charge >= 0.3 is 0 Å². The lowest BCUT2D eigenvalue weighted by Gasteiger charge is -2.19. The number of hydrogen-bond acceptors (Lipinski definition) is 5. The SMILES string of the molecule is N#Cc1c(NC(=O)C[NH+]2CCC[C@H]2c2nc3ccccc3s2)sc2c1CCC2. The zero-order valence-corrected chi connectivity index (χ0v) is 17.1. The van der Waals surface area contributed by atoms with Crippen molar-refractivity contribution in [3.8, 4) is 6.07 Å². The van der Waals surface area contributed by atoms with Gasteiger partial charge in [0.2, 0.25) is 0 Å². The van der Waals surface area contributed by atoms with Gasteiger partial charge in [-0.3, -0.25) is 4.79 Å². The highest BCUT2D eigenvalue weighted by atomic mass is 32.1. The molecule has 1 unspecified atom stereocenters. The number of benzene rings is 1. The molecule has 0 spiro atoms. The van der Waals surface area contributed by atoms with Gasteiger partial charge in [-0.15, -0.1) is 22.7 Å². The minimum atomic E-state index is -0.000524. The lowest BCUT2D eigenvalue weighted by atomic mass is 10.1.